The molecular formula is C16H14N4O6S2. The van der Waals surface area contributed by atoms with E-state index in [0.717, 1.165) is 18.2 Å². The van der Waals surface area contributed by atoms with E-state index < -0.39 is 35.3 Å². The predicted octanol–water partition coefficient (Wildman–Crippen LogP) is 0.354. The molecule has 0 aliphatic rings. The molecule has 0 bridgehead atoms. The van der Waals surface area contributed by atoms with Crippen molar-refractivity contribution in [2.24, 2.45) is 15.8 Å². The normalized spacial score (nSPS) is 13.5. The molecule has 0 aliphatic carbocycles. The van der Waals surface area contributed by atoms with Crippen molar-refractivity contribution in [1.29, 1.82) is 0 Å². The number of hydrogen-bond donors (Lipinski definition) is 2. The maximum Gasteiger partial charge on any atom is 0.258 e. The van der Waals surface area contributed by atoms with Crippen LogP contribution >= 0.6 is 0 Å². The molecule has 0 radical (unpaired) electrons. The van der Waals surface area contributed by atoms with Gasteiger partial charge < -0.3 is 0 Å². The zero-order chi connectivity index (χ0) is 20.8. The first-order chi connectivity index (χ1) is 13.2. The molecule has 3 N–H and O–H groups in total. The van der Waals surface area contributed by atoms with Crippen LogP contribution in [-0.2, 0) is 29.3 Å². The highest BCUT2D eigenvalue weighted by Crippen LogP contribution is 2.32. The summed E-state index contributed by atoms with van der Waals surface area (Å²) >= 11 is 0. The topological polar surface area (TPSA) is 165 Å². The summed E-state index contributed by atoms with van der Waals surface area (Å²) in [4.78, 5) is 23.1. The number of benzene rings is 2. The van der Waals surface area contributed by atoms with E-state index in [1.165, 1.54) is 42.5 Å². The Bertz CT molecular complexity index is 1150. The van der Waals surface area contributed by atoms with Gasteiger partial charge in [-0.2, -0.15) is 4.99 Å². The van der Waals surface area contributed by atoms with Gasteiger partial charge in [0.05, 0.1) is 22.0 Å². The minimum Gasteiger partial charge on any atom is -0.298 e. The second kappa shape index (κ2) is 8.26. The predicted molar refractivity (Wildman–Crippen MR) is 98.1 cm³/mol. The number of rotatable bonds is 8. The SMILES string of the molecule is NC(CNN=C=O)(S(=O)(=O)c1ccccc1)S(=O)(=O)c1ccc(N=C=O)cc1. The van der Waals surface area contributed by atoms with Crippen molar-refractivity contribution in [2.45, 2.75) is 14.0 Å². The summed E-state index contributed by atoms with van der Waals surface area (Å²) in [6.07, 6.45) is 2.41. The molecule has 0 aromatic heterocycles. The highest BCUT2D eigenvalue weighted by molar-refractivity contribution is 8.10. The largest absolute Gasteiger partial charge is 0.298 e. The quantitative estimate of drug-likeness (QED) is 0.349. The summed E-state index contributed by atoms with van der Waals surface area (Å²) in [5, 5.41) is 2.99. The van der Waals surface area contributed by atoms with E-state index in [-0.39, 0.29) is 10.6 Å². The van der Waals surface area contributed by atoms with E-state index in [2.05, 4.69) is 10.1 Å². The van der Waals surface area contributed by atoms with Crippen molar-refractivity contribution in [1.82, 2.24) is 5.43 Å². The maximum absolute atomic E-state index is 13.1. The van der Waals surface area contributed by atoms with Gasteiger partial charge in [-0.25, -0.2) is 26.4 Å². The molecule has 146 valence electrons. The van der Waals surface area contributed by atoms with E-state index in [1.807, 2.05) is 5.43 Å². The number of carbonyl (C=O) groups excluding carboxylic acids is 2. The Labute approximate surface area is 160 Å². The number of aliphatic imine (C=N–C) groups is 1. The van der Waals surface area contributed by atoms with Crippen molar-refractivity contribution < 1.29 is 26.4 Å². The van der Waals surface area contributed by atoms with Crippen LogP contribution in [0.1, 0.15) is 0 Å². The number of hydrazone groups is 1. The fourth-order valence-electron chi connectivity index (χ4n) is 2.27. The highest BCUT2D eigenvalue weighted by atomic mass is 32.3. The molecule has 1 atom stereocenters. The second-order valence-corrected chi connectivity index (χ2v) is 10.0. The minimum atomic E-state index is -4.72. The molecule has 0 amide bonds. The number of hydrogen-bond acceptors (Lipinski definition) is 10. The van der Waals surface area contributed by atoms with Crippen LogP contribution in [-0.4, -0.2) is 39.7 Å². The molecule has 2 rings (SSSR count). The summed E-state index contributed by atoms with van der Waals surface area (Å²) in [6.45, 7) is -0.921. The standard InChI is InChI=1S/C16H14N4O6S2/c17-16(10-19-20-12-22,27(23,24)14-4-2-1-3-5-14)28(25,26)15-8-6-13(7-9-15)18-11-21/h1-9,19H,10,17H2. The molecule has 0 aliphatic heterocycles. The zero-order valence-electron chi connectivity index (χ0n) is 14.1. The number of nitrogens with two attached hydrogens (primary N) is 1. The maximum atomic E-state index is 13.1. The monoisotopic (exact) mass is 422 g/mol. The molecule has 28 heavy (non-hydrogen) atoms. The first kappa shape index (κ1) is 21.2. The highest BCUT2D eigenvalue weighted by Gasteiger charge is 2.53. The van der Waals surface area contributed by atoms with Gasteiger partial charge in [-0.3, -0.25) is 11.2 Å². The van der Waals surface area contributed by atoms with Gasteiger partial charge in [0, 0.05) is 0 Å². The molecule has 0 fully saturated rings. The first-order valence-electron chi connectivity index (χ1n) is 7.51. The Hall–Kier alpha value is -3.14. The number of nitrogens with one attached hydrogen (secondary N) is 1. The number of nitrogens with zero attached hydrogens (tertiary/aromatic N) is 2. The lowest BCUT2D eigenvalue weighted by atomic mass is 10.3. The fraction of sp³-hybridized carbons (Fsp3) is 0.125. The molecule has 2 aromatic rings. The van der Waals surface area contributed by atoms with Crippen LogP contribution in [0.25, 0.3) is 0 Å². The smallest absolute Gasteiger partial charge is 0.258 e. The Morgan fingerprint density at radius 3 is 1.89 bits per heavy atom. The van der Waals surface area contributed by atoms with Crippen LogP contribution in [0.3, 0.4) is 0 Å². The van der Waals surface area contributed by atoms with Crippen molar-refractivity contribution in [3.8, 4) is 0 Å². The van der Waals surface area contributed by atoms with Crippen molar-refractivity contribution in [3.63, 3.8) is 0 Å². The van der Waals surface area contributed by atoms with E-state index in [1.54, 1.807) is 6.07 Å². The lowest BCUT2D eigenvalue weighted by Gasteiger charge is -2.28. The Morgan fingerprint density at radius 2 is 1.39 bits per heavy atom. The molecule has 0 spiro atoms. The lowest BCUT2D eigenvalue weighted by Crippen LogP contribution is -2.59. The molecule has 0 saturated heterocycles. The third-order valence-corrected chi connectivity index (χ3v) is 8.95. The third kappa shape index (κ3) is 3.77. The average molecular weight is 422 g/mol. The van der Waals surface area contributed by atoms with Crippen LogP contribution < -0.4 is 11.2 Å². The molecule has 2 aromatic carbocycles. The minimum absolute atomic E-state index is 0.117. The summed E-state index contributed by atoms with van der Waals surface area (Å²) in [5.41, 5.74) is 8.07. The summed E-state index contributed by atoms with van der Waals surface area (Å²) in [7, 11) is -9.38. The molecular weight excluding hydrogens is 408 g/mol. The Kier molecular flexibility index (Phi) is 6.24. The van der Waals surface area contributed by atoms with Gasteiger partial charge >= 0.3 is 0 Å². The fourth-order valence-corrected chi connectivity index (χ4v) is 6.32. The van der Waals surface area contributed by atoms with Gasteiger partial charge in [0.2, 0.25) is 30.0 Å². The molecule has 12 heteroatoms. The summed E-state index contributed by atoms with van der Waals surface area (Å²) in [5.74, 6) is 0. The van der Waals surface area contributed by atoms with Crippen LogP contribution in [0.4, 0.5) is 5.69 Å². The van der Waals surface area contributed by atoms with Gasteiger partial charge in [-0.1, -0.05) is 23.3 Å². The van der Waals surface area contributed by atoms with Gasteiger partial charge in [0.25, 0.3) is 6.08 Å². The Balaban J connectivity index is 2.67. The second-order valence-electron chi connectivity index (χ2n) is 5.37. The number of isocyanates is 2. The van der Waals surface area contributed by atoms with Crippen LogP contribution in [0, 0.1) is 0 Å². The van der Waals surface area contributed by atoms with Crippen LogP contribution in [0.5, 0.6) is 0 Å². The Morgan fingerprint density at radius 1 is 0.857 bits per heavy atom. The van der Waals surface area contributed by atoms with Crippen molar-refractivity contribution in [2.75, 3.05) is 6.54 Å². The molecule has 10 nitrogen and oxygen atoms in total. The molecule has 1 unspecified atom stereocenters. The molecule has 0 heterocycles. The zero-order valence-corrected chi connectivity index (χ0v) is 15.8. The van der Waals surface area contributed by atoms with Gasteiger partial charge in [-0.05, 0) is 36.4 Å². The van der Waals surface area contributed by atoms with Crippen LogP contribution in [0.15, 0.2) is 74.5 Å². The van der Waals surface area contributed by atoms with Crippen molar-refractivity contribution in [3.05, 3.63) is 54.6 Å². The van der Waals surface area contributed by atoms with Crippen molar-refractivity contribution >= 4 is 37.5 Å². The third-order valence-electron chi connectivity index (χ3n) is 3.74. The van der Waals surface area contributed by atoms with Gasteiger partial charge in [0.15, 0.2) is 0 Å². The van der Waals surface area contributed by atoms with E-state index >= 15 is 0 Å². The average Bonchev–Trinajstić information content (AvgIpc) is 2.69. The lowest BCUT2D eigenvalue weighted by molar-refractivity contribution is 0.520. The summed E-state index contributed by atoms with van der Waals surface area (Å²) in [6, 6.07) is 11.2. The van der Waals surface area contributed by atoms with E-state index in [0.29, 0.717) is 0 Å². The first-order valence-corrected chi connectivity index (χ1v) is 10.5. The van der Waals surface area contributed by atoms with Gasteiger partial charge in [-0.15, -0.1) is 0 Å². The van der Waals surface area contributed by atoms with Crippen LogP contribution in [0.2, 0.25) is 0 Å². The molecule has 0 saturated carbocycles. The van der Waals surface area contributed by atoms with Gasteiger partial charge in [0.1, 0.15) is 0 Å². The van der Waals surface area contributed by atoms with E-state index in [9.17, 15) is 26.4 Å². The summed E-state index contributed by atoms with van der Waals surface area (Å²) < 4.78 is 49.6. The number of sulfone groups is 2. The van der Waals surface area contributed by atoms with E-state index in [4.69, 9.17) is 5.73 Å².